The molecular formula is C21H22ClN3O2S. The number of hydrogen-bond donors (Lipinski definition) is 1. The van der Waals surface area contributed by atoms with Crippen LogP contribution in [-0.4, -0.2) is 20.7 Å². The summed E-state index contributed by atoms with van der Waals surface area (Å²) in [5.74, 6) is -0.149. The van der Waals surface area contributed by atoms with Gasteiger partial charge in [0.05, 0.1) is 16.2 Å². The Labute approximate surface area is 173 Å². The molecule has 0 fully saturated rings. The van der Waals surface area contributed by atoms with Crippen LogP contribution in [0.25, 0.3) is 10.9 Å². The van der Waals surface area contributed by atoms with Crippen molar-refractivity contribution in [2.75, 3.05) is 5.32 Å². The van der Waals surface area contributed by atoms with Gasteiger partial charge in [-0.3, -0.25) is 14.2 Å². The van der Waals surface area contributed by atoms with Crippen LogP contribution in [0.3, 0.4) is 0 Å². The molecule has 3 rings (SSSR count). The second-order valence-electron chi connectivity index (χ2n) is 6.94. The van der Waals surface area contributed by atoms with Gasteiger partial charge in [0.2, 0.25) is 5.91 Å². The number of benzene rings is 2. The maximum atomic E-state index is 12.9. The van der Waals surface area contributed by atoms with Gasteiger partial charge in [-0.15, -0.1) is 0 Å². The topological polar surface area (TPSA) is 64.0 Å². The third-order valence-electron chi connectivity index (χ3n) is 4.32. The number of nitrogens with one attached hydrogen (secondary N) is 1. The first-order valence-electron chi connectivity index (χ1n) is 9.02. The van der Waals surface area contributed by atoms with E-state index in [9.17, 15) is 9.59 Å². The molecule has 0 bridgehead atoms. The van der Waals surface area contributed by atoms with Crippen LogP contribution in [0.5, 0.6) is 0 Å². The first-order chi connectivity index (χ1) is 13.3. The first kappa shape index (κ1) is 20.4. The molecule has 7 heteroatoms. The van der Waals surface area contributed by atoms with E-state index in [1.54, 1.807) is 29.7 Å². The third kappa shape index (κ3) is 4.39. The summed E-state index contributed by atoms with van der Waals surface area (Å²) in [4.78, 5) is 30.2. The predicted octanol–water partition coefficient (Wildman–Crippen LogP) is 5.06. The highest BCUT2D eigenvalue weighted by atomic mass is 35.5. The highest BCUT2D eigenvalue weighted by molar-refractivity contribution is 8.00. The zero-order valence-electron chi connectivity index (χ0n) is 16.2. The molecule has 1 unspecified atom stereocenters. The second-order valence-corrected chi connectivity index (χ2v) is 8.68. The highest BCUT2D eigenvalue weighted by Gasteiger charge is 2.21. The Morgan fingerprint density at radius 3 is 2.46 bits per heavy atom. The Kier molecular flexibility index (Phi) is 6.10. The summed E-state index contributed by atoms with van der Waals surface area (Å²) in [6.07, 6.45) is 0. The molecule has 0 radical (unpaired) electrons. The number of carbonyl (C=O) groups is 1. The van der Waals surface area contributed by atoms with Crippen molar-refractivity contribution in [2.45, 2.75) is 44.1 Å². The lowest BCUT2D eigenvalue weighted by molar-refractivity contribution is -0.115. The van der Waals surface area contributed by atoms with Gasteiger partial charge >= 0.3 is 0 Å². The van der Waals surface area contributed by atoms with Gasteiger partial charge in [0, 0.05) is 16.8 Å². The predicted molar refractivity (Wildman–Crippen MR) is 117 cm³/mol. The quantitative estimate of drug-likeness (QED) is 0.467. The molecule has 3 aromatic rings. The van der Waals surface area contributed by atoms with E-state index in [1.807, 2.05) is 45.0 Å². The third-order valence-corrected chi connectivity index (χ3v) is 5.62. The number of rotatable bonds is 5. The number of halogens is 1. The summed E-state index contributed by atoms with van der Waals surface area (Å²) in [6, 6.07) is 12.6. The van der Waals surface area contributed by atoms with Crippen LogP contribution in [0.2, 0.25) is 5.02 Å². The molecule has 0 aliphatic carbocycles. The van der Waals surface area contributed by atoms with Gasteiger partial charge in [-0.25, -0.2) is 4.98 Å². The van der Waals surface area contributed by atoms with Crippen molar-refractivity contribution < 1.29 is 4.79 Å². The molecule has 1 aromatic heterocycles. The number of nitrogens with zero attached hydrogens (tertiary/aromatic N) is 2. The monoisotopic (exact) mass is 415 g/mol. The molecule has 2 aromatic carbocycles. The normalized spacial score (nSPS) is 12.4. The summed E-state index contributed by atoms with van der Waals surface area (Å²) < 4.78 is 1.62. The molecule has 0 saturated heterocycles. The number of aryl methyl sites for hydroxylation is 1. The number of fused-ring (bicyclic) bond motifs is 1. The molecule has 0 aliphatic rings. The van der Waals surface area contributed by atoms with E-state index in [0.717, 1.165) is 11.3 Å². The molecule has 0 spiro atoms. The van der Waals surface area contributed by atoms with Gasteiger partial charge in [-0.05, 0) is 58.0 Å². The molecule has 0 aliphatic heterocycles. The number of carbonyl (C=O) groups excluding carboxylic acids is 1. The lowest BCUT2D eigenvalue weighted by atomic mass is 10.2. The van der Waals surface area contributed by atoms with E-state index >= 15 is 0 Å². The van der Waals surface area contributed by atoms with Crippen molar-refractivity contribution in [2.24, 2.45) is 0 Å². The molecule has 0 saturated carbocycles. The fraction of sp³-hybridized carbons (Fsp3) is 0.286. The number of amides is 1. The summed E-state index contributed by atoms with van der Waals surface area (Å²) in [7, 11) is 0. The van der Waals surface area contributed by atoms with Gasteiger partial charge in [-0.2, -0.15) is 0 Å². The highest BCUT2D eigenvalue weighted by Crippen LogP contribution is 2.26. The van der Waals surface area contributed by atoms with Crippen LogP contribution < -0.4 is 10.9 Å². The van der Waals surface area contributed by atoms with E-state index in [1.165, 1.54) is 11.8 Å². The minimum absolute atomic E-state index is 0.0880. The number of hydrogen-bond acceptors (Lipinski definition) is 4. The molecular weight excluding hydrogens is 394 g/mol. The minimum Gasteiger partial charge on any atom is -0.325 e. The zero-order valence-corrected chi connectivity index (χ0v) is 17.8. The smallest absolute Gasteiger partial charge is 0.262 e. The Hall–Kier alpha value is -2.31. The average Bonchev–Trinajstić information content (AvgIpc) is 2.63. The van der Waals surface area contributed by atoms with E-state index in [0.29, 0.717) is 21.1 Å². The Bertz CT molecular complexity index is 1080. The fourth-order valence-corrected chi connectivity index (χ4v) is 3.99. The van der Waals surface area contributed by atoms with Crippen molar-refractivity contribution in [3.63, 3.8) is 0 Å². The fourth-order valence-electron chi connectivity index (χ4n) is 2.78. The van der Waals surface area contributed by atoms with Gasteiger partial charge < -0.3 is 5.32 Å². The molecule has 28 heavy (non-hydrogen) atoms. The van der Waals surface area contributed by atoms with Gasteiger partial charge in [-0.1, -0.05) is 41.1 Å². The maximum Gasteiger partial charge on any atom is 0.262 e. The second kappa shape index (κ2) is 8.37. The summed E-state index contributed by atoms with van der Waals surface area (Å²) in [5.41, 5.74) is 2.26. The van der Waals surface area contributed by atoms with Crippen molar-refractivity contribution in [3.8, 4) is 0 Å². The molecule has 1 N–H and O–H groups in total. The van der Waals surface area contributed by atoms with E-state index in [2.05, 4.69) is 10.3 Å². The Morgan fingerprint density at radius 1 is 1.14 bits per heavy atom. The molecule has 146 valence electrons. The van der Waals surface area contributed by atoms with Gasteiger partial charge in [0.1, 0.15) is 0 Å². The zero-order chi connectivity index (χ0) is 20.4. The number of thioether (sulfide) groups is 1. The minimum atomic E-state index is -0.435. The van der Waals surface area contributed by atoms with Crippen LogP contribution in [0, 0.1) is 6.92 Å². The SMILES string of the molecule is Cc1ccc(NC(=O)C(C)Sc2nc3cc(Cl)ccc3c(=O)n2C(C)C)cc1. The van der Waals surface area contributed by atoms with Crippen molar-refractivity contribution in [1.29, 1.82) is 0 Å². The van der Waals surface area contributed by atoms with Crippen LogP contribution in [-0.2, 0) is 4.79 Å². The van der Waals surface area contributed by atoms with E-state index < -0.39 is 5.25 Å². The van der Waals surface area contributed by atoms with Gasteiger partial charge in [0.25, 0.3) is 5.56 Å². The van der Waals surface area contributed by atoms with Crippen LogP contribution in [0.1, 0.15) is 32.4 Å². The number of aromatic nitrogens is 2. The Balaban J connectivity index is 1.91. The standard InChI is InChI=1S/C21H22ClN3O2S/c1-12(2)25-20(27)17-10-7-15(22)11-18(17)24-21(25)28-14(4)19(26)23-16-8-5-13(3)6-9-16/h5-12,14H,1-4H3,(H,23,26). The van der Waals surface area contributed by atoms with Crippen LogP contribution >= 0.6 is 23.4 Å². The van der Waals surface area contributed by atoms with Gasteiger partial charge in [0.15, 0.2) is 5.16 Å². The molecule has 1 atom stereocenters. The maximum absolute atomic E-state index is 12.9. The summed E-state index contributed by atoms with van der Waals surface area (Å²) >= 11 is 7.32. The summed E-state index contributed by atoms with van der Waals surface area (Å²) in [5, 5.41) is 4.00. The lowest BCUT2D eigenvalue weighted by Gasteiger charge is -2.18. The van der Waals surface area contributed by atoms with E-state index in [-0.39, 0.29) is 17.5 Å². The summed E-state index contributed by atoms with van der Waals surface area (Å²) in [6.45, 7) is 7.64. The Morgan fingerprint density at radius 2 is 1.82 bits per heavy atom. The average molecular weight is 416 g/mol. The van der Waals surface area contributed by atoms with Crippen LogP contribution in [0.15, 0.2) is 52.4 Å². The van der Waals surface area contributed by atoms with Crippen molar-refractivity contribution in [1.82, 2.24) is 9.55 Å². The van der Waals surface area contributed by atoms with Crippen molar-refractivity contribution >= 4 is 45.9 Å². The molecule has 5 nitrogen and oxygen atoms in total. The molecule has 1 amide bonds. The lowest BCUT2D eigenvalue weighted by Crippen LogP contribution is -2.28. The first-order valence-corrected chi connectivity index (χ1v) is 10.3. The van der Waals surface area contributed by atoms with Crippen molar-refractivity contribution in [3.05, 3.63) is 63.4 Å². The van der Waals surface area contributed by atoms with E-state index in [4.69, 9.17) is 11.6 Å². The van der Waals surface area contributed by atoms with Crippen LogP contribution in [0.4, 0.5) is 5.69 Å². The largest absolute Gasteiger partial charge is 0.325 e. The number of anilines is 1. The molecule has 1 heterocycles.